The molecule has 2 aromatic heterocycles. The Bertz CT molecular complexity index is 1080. The molecule has 1 amide bonds. The monoisotopic (exact) mass is 444 g/mol. The van der Waals surface area contributed by atoms with Crippen molar-refractivity contribution in [3.05, 3.63) is 35.4 Å². The molecule has 0 unspecified atom stereocenters. The molecule has 2 N–H and O–H groups in total. The number of ether oxygens (including phenoxy) is 1. The van der Waals surface area contributed by atoms with Crippen LogP contribution in [0.5, 0.6) is 0 Å². The van der Waals surface area contributed by atoms with Gasteiger partial charge in [-0.3, -0.25) is 4.79 Å². The van der Waals surface area contributed by atoms with Crippen LogP contribution in [0.25, 0.3) is 21.3 Å². The lowest BCUT2D eigenvalue weighted by molar-refractivity contribution is -0.117. The van der Waals surface area contributed by atoms with Crippen LogP contribution in [0.1, 0.15) is 37.9 Å². The van der Waals surface area contributed by atoms with Crippen LogP contribution in [0.15, 0.2) is 24.5 Å². The van der Waals surface area contributed by atoms with Gasteiger partial charge in [0.2, 0.25) is 5.91 Å². The van der Waals surface area contributed by atoms with Gasteiger partial charge >= 0.3 is 0 Å². The van der Waals surface area contributed by atoms with E-state index >= 15 is 0 Å². The van der Waals surface area contributed by atoms with E-state index in [9.17, 15) is 9.90 Å². The maximum Gasteiger partial charge on any atom is 0.229 e. The molecule has 7 nitrogen and oxygen atoms in total. The number of halogens is 1. The lowest BCUT2D eigenvalue weighted by Crippen LogP contribution is -2.22. The van der Waals surface area contributed by atoms with Crippen molar-refractivity contribution in [3.63, 3.8) is 0 Å². The van der Waals surface area contributed by atoms with Gasteiger partial charge in [0.1, 0.15) is 6.61 Å². The van der Waals surface area contributed by atoms with Crippen LogP contribution in [0.4, 0.5) is 5.13 Å². The Morgan fingerprint density at radius 2 is 2.03 bits per heavy atom. The molecule has 2 saturated carbocycles. The fourth-order valence-corrected chi connectivity index (χ4v) is 4.93. The van der Waals surface area contributed by atoms with Gasteiger partial charge in [-0.2, -0.15) is 0 Å². The number of carbonyl (C=O) groups is 1. The SMILES string of the molecule is O=C(Nc1nc2ccc(-c3cnc(CO[C@H]4CCC[C@@H]4O)nc3)c(Cl)c2s1)C1CC1. The van der Waals surface area contributed by atoms with Crippen molar-refractivity contribution in [3.8, 4) is 11.1 Å². The van der Waals surface area contributed by atoms with Gasteiger partial charge in [0.15, 0.2) is 11.0 Å². The van der Waals surface area contributed by atoms with E-state index in [1.165, 1.54) is 11.3 Å². The highest BCUT2D eigenvalue weighted by Crippen LogP contribution is 2.39. The minimum absolute atomic E-state index is 0.0294. The summed E-state index contributed by atoms with van der Waals surface area (Å²) in [6.45, 7) is 0.271. The molecule has 2 atom stereocenters. The highest BCUT2D eigenvalue weighted by Gasteiger charge is 2.30. The Hall–Kier alpha value is -2.13. The number of carbonyl (C=O) groups excluding carboxylic acids is 1. The summed E-state index contributed by atoms with van der Waals surface area (Å²) in [7, 11) is 0. The molecular formula is C21H21ClN4O3S. The van der Waals surface area contributed by atoms with Crippen LogP contribution in [-0.4, -0.2) is 38.2 Å². The number of aliphatic hydroxyl groups is 1. The number of benzene rings is 1. The second kappa shape index (κ2) is 8.19. The summed E-state index contributed by atoms with van der Waals surface area (Å²) in [6, 6.07) is 3.78. The van der Waals surface area contributed by atoms with Crippen LogP contribution < -0.4 is 5.32 Å². The van der Waals surface area contributed by atoms with Crippen molar-refractivity contribution in [1.82, 2.24) is 15.0 Å². The fraction of sp³-hybridized carbons (Fsp3) is 0.429. The summed E-state index contributed by atoms with van der Waals surface area (Å²) in [5, 5.41) is 13.9. The molecular weight excluding hydrogens is 424 g/mol. The second-order valence-electron chi connectivity index (χ2n) is 7.79. The number of anilines is 1. The average molecular weight is 445 g/mol. The quantitative estimate of drug-likeness (QED) is 0.591. The predicted molar refractivity (Wildman–Crippen MR) is 115 cm³/mol. The molecule has 156 valence electrons. The lowest BCUT2D eigenvalue weighted by atomic mass is 10.1. The van der Waals surface area contributed by atoms with Crippen molar-refractivity contribution >= 4 is 44.2 Å². The molecule has 2 fully saturated rings. The normalized spacial score (nSPS) is 21.3. The van der Waals surface area contributed by atoms with Crippen molar-refractivity contribution < 1.29 is 14.6 Å². The van der Waals surface area contributed by atoms with Crippen LogP contribution >= 0.6 is 22.9 Å². The molecule has 0 spiro atoms. The van der Waals surface area contributed by atoms with Crippen LogP contribution in [0.2, 0.25) is 5.02 Å². The van der Waals surface area contributed by atoms with E-state index in [-0.39, 0.29) is 24.5 Å². The maximum absolute atomic E-state index is 12.0. The number of nitrogens with zero attached hydrogens (tertiary/aromatic N) is 3. The number of hydrogen-bond donors (Lipinski definition) is 2. The van der Waals surface area contributed by atoms with E-state index in [0.29, 0.717) is 16.0 Å². The first-order chi connectivity index (χ1) is 14.6. The zero-order chi connectivity index (χ0) is 20.7. The molecule has 2 aliphatic carbocycles. The number of nitrogens with one attached hydrogen (secondary N) is 1. The van der Waals surface area contributed by atoms with Crippen LogP contribution in [-0.2, 0) is 16.1 Å². The number of thiazole rings is 1. The Balaban J connectivity index is 1.32. The number of aromatic nitrogens is 3. The molecule has 9 heteroatoms. The van der Waals surface area contributed by atoms with Gasteiger partial charge in [0.25, 0.3) is 0 Å². The van der Waals surface area contributed by atoms with Gasteiger partial charge in [0.05, 0.1) is 27.4 Å². The largest absolute Gasteiger partial charge is 0.390 e. The van der Waals surface area contributed by atoms with Gasteiger partial charge in [-0.15, -0.1) is 0 Å². The van der Waals surface area contributed by atoms with Crippen LogP contribution in [0.3, 0.4) is 0 Å². The standard InChI is InChI=1S/C21H21ClN4O3S/c22-18-13(6-7-14-19(18)30-21(25-14)26-20(28)11-4-5-11)12-8-23-17(24-9-12)10-29-16-3-1-2-15(16)27/h6-9,11,15-16,27H,1-5,10H2,(H,25,26,28)/t15-,16-/m0/s1. The highest BCUT2D eigenvalue weighted by molar-refractivity contribution is 7.23. The third-order valence-electron chi connectivity index (χ3n) is 5.54. The van der Waals surface area contributed by atoms with E-state index in [1.54, 1.807) is 12.4 Å². The number of hydrogen-bond acceptors (Lipinski definition) is 7. The zero-order valence-corrected chi connectivity index (χ0v) is 17.7. The molecule has 0 bridgehead atoms. The van der Waals surface area contributed by atoms with Crippen molar-refractivity contribution in [2.24, 2.45) is 5.92 Å². The Kier molecular flexibility index (Phi) is 5.41. The van der Waals surface area contributed by atoms with Gasteiger partial charge in [0, 0.05) is 29.4 Å². The molecule has 0 saturated heterocycles. The van der Waals surface area contributed by atoms with Crippen LogP contribution in [0, 0.1) is 5.92 Å². The third kappa shape index (κ3) is 4.05. The lowest BCUT2D eigenvalue weighted by Gasteiger charge is -2.14. The average Bonchev–Trinajstić information content (AvgIpc) is 3.40. The summed E-state index contributed by atoms with van der Waals surface area (Å²) >= 11 is 8.03. The Morgan fingerprint density at radius 1 is 1.23 bits per heavy atom. The minimum atomic E-state index is -0.395. The first-order valence-corrected chi connectivity index (χ1v) is 11.3. The van der Waals surface area contributed by atoms with E-state index in [2.05, 4.69) is 20.3 Å². The van der Waals surface area contributed by atoms with E-state index in [4.69, 9.17) is 16.3 Å². The van der Waals surface area contributed by atoms with Gasteiger partial charge in [-0.05, 0) is 38.2 Å². The van der Waals surface area contributed by atoms with E-state index in [1.807, 2.05) is 12.1 Å². The van der Waals surface area contributed by atoms with Crippen molar-refractivity contribution in [2.75, 3.05) is 5.32 Å². The maximum atomic E-state index is 12.0. The molecule has 0 radical (unpaired) electrons. The van der Waals surface area contributed by atoms with Crippen molar-refractivity contribution in [1.29, 1.82) is 0 Å². The Morgan fingerprint density at radius 3 is 2.73 bits per heavy atom. The topological polar surface area (TPSA) is 97.2 Å². The second-order valence-corrected chi connectivity index (χ2v) is 9.17. The summed E-state index contributed by atoms with van der Waals surface area (Å²) in [5.41, 5.74) is 2.36. The molecule has 1 aromatic carbocycles. The minimum Gasteiger partial charge on any atom is -0.390 e. The summed E-state index contributed by atoms with van der Waals surface area (Å²) in [5.74, 6) is 0.722. The highest BCUT2D eigenvalue weighted by atomic mass is 35.5. The molecule has 2 aliphatic rings. The zero-order valence-electron chi connectivity index (χ0n) is 16.2. The van der Waals surface area contributed by atoms with Gasteiger partial charge < -0.3 is 15.2 Å². The predicted octanol–water partition coefficient (Wildman–Crippen LogP) is 4.19. The van der Waals surface area contributed by atoms with E-state index in [0.717, 1.165) is 53.4 Å². The van der Waals surface area contributed by atoms with Gasteiger partial charge in [-0.25, -0.2) is 15.0 Å². The summed E-state index contributed by atoms with van der Waals surface area (Å²) in [4.78, 5) is 25.2. The number of rotatable bonds is 6. The number of aliphatic hydroxyl groups excluding tert-OH is 1. The smallest absolute Gasteiger partial charge is 0.229 e. The number of fused-ring (bicyclic) bond motifs is 1. The van der Waals surface area contributed by atoms with Gasteiger partial charge in [-0.1, -0.05) is 29.0 Å². The summed E-state index contributed by atoms with van der Waals surface area (Å²) < 4.78 is 6.56. The first kappa shape index (κ1) is 19.8. The third-order valence-corrected chi connectivity index (χ3v) is 7.04. The molecule has 0 aliphatic heterocycles. The molecule has 5 rings (SSSR count). The molecule has 30 heavy (non-hydrogen) atoms. The molecule has 2 heterocycles. The first-order valence-electron chi connectivity index (χ1n) is 10.1. The Labute approximate surface area is 182 Å². The van der Waals surface area contributed by atoms with E-state index < -0.39 is 6.10 Å². The molecule has 3 aromatic rings. The fourth-order valence-electron chi connectivity index (χ4n) is 3.64. The van der Waals surface area contributed by atoms with Crippen molar-refractivity contribution in [2.45, 2.75) is 50.9 Å². The summed E-state index contributed by atoms with van der Waals surface area (Å²) in [6.07, 6.45) is 7.45. The number of amides is 1.